The Bertz CT molecular complexity index is 500. The Balaban J connectivity index is 1.56. The van der Waals surface area contributed by atoms with Crippen LogP contribution in [0.15, 0.2) is 0 Å². The van der Waals surface area contributed by atoms with Crippen LogP contribution < -0.4 is 0 Å². The molecular formula is C22H36O2. The minimum atomic E-state index is 0.00643. The van der Waals surface area contributed by atoms with Crippen LogP contribution in [0.25, 0.3) is 0 Å². The quantitative estimate of drug-likeness (QED) is 0.603. The Hall–Kier alpha value is -0.530. The molecule has 4 fully saturated rings. The fourth-order valence-corrected chi connectivity index (χ4v) is 7.68. The van der Waals surface area contributed by atoms with Gasteiger partial charge in [0.1, 0.15) is 6.10 Å². The number of ether oxygens (including phenoxy) is 1. The second-order valence-corrected chi connectivity index (χ2v) is 9.86. The molecule has 4 aliphatic rings. The van der Waals surface area contributed by atoms with Crippen LogP contribution in [0.5, 0.6) is 0 Å². The maximum atomic E-state index is 11.9. The summed E-state index contributed by atoms with van der Waals surface area (Å²) in [4.78, 5) is 11.9. The highest BCUT2D eigenvalue weighted by Gasteiger charge is 2.60. The van der Waals surface area contributed by atoms with E-state index in [4.69, 9.17) is 4.74 Å². The highest BCUT2D eigenvalue weighted by molar-refractivity contribution is 5.69. The van der Waals surface area contributed by atoms with Crippen molar-refractivity contribution in [1.82, 2.24) is 0 Å². The van der Waals surface area contributed by atoms with Crippen molar-refractivity contribution < 1.29 is 9.53 Å². The van der Waals surface area contributed by atoms with Crippen LogP contribution in [0.3, 0.4) is 0 Å². The van der Waals surface area contributed by atoms with Gasteiger partial charge >= 0.3 is 5.97 Å². The molecule has 136 valence electrons. The number of hydrogen-bond donors (Lipinski definition) is 0. The zero-order valence-corrected chi connectivity index (χ0v) is 16.0. The second-order valence-electron chi connectivity index (χ2n) is 9.86. The lowest BCUT2D eigenvalue weighted by Gasteiger charge is -2.60. The van der Waals surface area contributed by atoms with Crippen LogP contribution in [0.4, 0.5) is 0 Å². The van der Waals surface area contributed by atoms with Gasteiger partial charge in [-0.3, -0.25) is 4.79 Å². The highest BCUT2D eigenvalue weighted by Crippen LogP contribution is 2.66. The Kier molecular flexibility index (Phi) is 4.24. The predicted molar refractivity (Wildman–Crippen MR) is 96.5 cm³/mol. The molecule has 4 rings (SSSR count). The van der Waals surface area contributed by atoms with Gasteiger partial charge in [0.05, 0.1) is 0 Å². The largest absolute Gasteiger partial charge is 0.462 e. The van der Waals surface area contributed by atoms with Crippen molar-refractivity contribution in [3.63, 3.8) is 0 Å². The molecule has 0 saturated heterocycles. The lowest BCUT2D eigenvalue weighted by molar-refractivity contribution is -0.163. The van der Waals surface area contributed by atoms with Gasteiger partial charge < -0.3 is 4.74 Å². The molecule has 0 N–H and O–H groups in total. The van der Waals surface area contributed by atoms with Gasteiger partial charge in [-0.1, -0.05) is 33.6 Å². The molecule has 4 saturated carbocycles. The molecule has 0 radical (unpaired) electrons. The first-order valence-corrected chi connectivity index (χ1v) is 10.7. The molecule has 24 heavy (non-hydrogen) atoms. The summed E-state index contributed by atoms with van der Waals surface area (Å²) in [7, 11) is 0. The number of rotatable bonds is 2. The summed E-state index contributed by atoms with van der Waals surface area (Å²) in [6.07, 6.45) is 14.5. The summed E-state index contributed by atoms with van der Waals surface area (Å²) < 4.78 is 5.91. The van der Waals surface area contributed by atoms with Gasteiger partial charge in [-0.2, -0.15) is 0 Å². The van der Waals surface area contributed by atoms with Crippen LogP contribution in [0.2, 0.25) is 0 Å². The maximum absolute atomic E-state index is 11.9. The van der Waals surface area contributed by atoms with E-state index in [1.807, 2.05) is 6.92 Å². The molecule has 7 atom stereocenters. The number of hydrogen-bond acceptors (Lipinski definition) is 2. The van der Waals surface area contributed by atoms with Crippen molar-refractivity contribution in [3.05, 3.63) is 0 Å². The molecule has 0 aliphatic heterocycles. The van der Waals surface area contributed by atoms with Crippen LogP contribution in [-0.4, -0.2) is 12.1 Å². The molecule has 4 aliphatic carbocycles. The smallest absolute Gasteiger partial charge is 0.305 e. The van der Waals surface area contributed by atoms with Crippen molar-refractivity contribution in [2.24, 2.45) is 34.5 Å². The van der Waals surface area contributed by atoms with E-state index in [0.717, 1.165) is 30.1 Å². The number of esters is 1. The topological polar surface area (TPSA) is 26.3 Å². The predicted octanol–water partition coefficient (Wildman–Crippen LogP) is 5.74. The molecule has 0 amide bonds. The second kappa shape index (κ2) is 6.02. The zero-order valence-electron chi connectivity index (χ0n) is 16.0. The van der Waals surface area contributed by atoms with Crippen LogP contribution >= 0.6 is 0 Å². The van der Waals surface area contributed by atoms with E-state index < -0.39 is 0 Å². The molecule has 0 aromatic heterocycles. The average molecular weight is 333 g/mol. The average Bonchev–Trinajstić information content (AvgIpc) is 2.91. The molecule has 0 heterocycles. The van der Waals surface area contributed by atoms with Gasteiger partial charge in [0.25, 0.3) is 0 Å². The van der Waals surface area contributed by atoms with Crippen LogP contribution in [-0.2, 0) is 9.53 Å². The van der Waals surface area contributed by atoms with Gasteiger partial charge in [0.2, 0.25) is 0 Å². The summed E-state index contributed by atoms with van der Waals surface area (Å²) in [5, 5.41) is 0. The summed E-state index contributed by atoms with van der Waals surface area (Å²) >= 11 is 0. The molecule has 0 aromatic carbocycles. The lowest BCUT2D eigenvalue weighted by Crippen LogP contribution is -2.53. The van der Waals surface area contributed by atoms with Gasteiger partial charge in [-0.25, -0.2) is 0 Å². The molecule has 2 heteroatoms. The normalized spacial score (nSPS) is 50.5. The fraction of sp³-hybridized carbons (Fsp3) is 0.955. The van der Waals surface area contributed by atoms with Gasteiger partial charge in [-0.15, -0.1) is 0 Å². The molecule has 0 bridgehead atoms. The Morgan fingerprint density at radius 1 is 0.917 bits per heavy atom. The van der Waals surface area contributed by atoms with E-state index in [1.165, 1.54) is 57.8 Å². The van der Waals surface area contributed by atoms with Crippen molar-refractivity contribution >= 4 is 5.97 Å². The third-order valence-corrected chi connectivity index (χ3v) is 9.06. The first-order chi connectivity index (χ1) is 11.5. The van der Waals surface area contributed by atoms with E-state index in [-0.39, 0.29) is 17.5 Å². The monoisotopic (exact) mass is 332 g/mol. The summed E-state index contributed by atoms with van der Waals surface area (Å²) in [5.41, 5.74) is 0.866. The van der Waals surface area contributed by atoms with E-state index in [0.29, 0.717) is 11.8 Å². The van der Waals surface area contributed by atoms with Gasteiger partial charge in [0, 0.05) is 11.8 Å². The molecule has 2 nitrogen and oxygen atoms in total. The third-order valence-electron chi connectivity index (χ3n) is 9.06. The molecule has 0 spiro atoms. The Morgan fingerprint density at radius 3 is 2.50 bits per heavy atom. The number of carbonyl (C=O) groups is 1. The van der Waals surface area contributed by atoms with E-state index >= 15 is 0 Å². The number of fused-ring (bicyclic) bond motifs is 5. The van der Waals surface area contributed by atoms with Crippen molar-refractivity contribution in [2.75, 3.05) is 0 Å². The molecule has 0 unspecified atom stereocenters. The lowest BCUT2D eigenvalue weighted by atomic mass is 9.45. The van der Waals surface area contributed by atoms with E-state index in [2.05, 4.69) is 13.8 Å². The summed E-state index contributed by atoms with van der Waals surface area (Å²) in [6, 6.07) is 0. The SMILES string of the molecule is CCC(=O)O[C@H]1CC[C@H]2[C@@H]3CC[C@@H]4CCCC[C@]4(C)[C@H]3CC[C@]12C. The Labute approximate surface area is 148 Å². The van der Waals surface area contributed by atoms with Crippen molar-refractivity contribution in [2.45, 2.75) is 97.5 Å². The Morgan fingerprint density at radius 2 is 1.71 bits per heavy atom. The molecule has 0 aromatic rings. The van der Waals surface area contributed by atoms with Gasteiger partial charge in [-0.05, 0) is 80.5 Å². The minimum absolute atomic E-state index is 0.00643. The first kappa shape index (κ1) is 16.9. The number of carbonyl (C=O) groups excluding carboxylic acids is 1. The van der Waals surface area contributed by atoms with E-state index in [1.54, 1.807) is 0 Å². The fourth-order valence-electron chi connectivity index (χ4n) is 7.68. The van der Waals surface area contributed by atoms with E-state index in [9.17, 15) is 4.79 Å². The van der Waals surface area contributed by atoms with Crippen molar-refractivity contribution in [3.8, 4) is 0 Å². The summed E-state index contributed by atoms with van der Waals surface area (Å²) in [5.74, 6) is 3.63. The minimum Gasteiger partial charge on any atom is -0.462 e. The molecular weight excluding hydrogens is 296 g/mol. The summed E-state index contributed by atoms with van der Waals surface area (Å²) in [6.45, 7) is 7.00. The first-order valence-electron chi connectivity index (χ1n) is 10.7. The van der Waals surface area contributed by atoms with Crippen LogP contribution in [0, 0.1) is 34.5 Å². The third kappa shape index (κ3) is 2.38. The van der Waals surface area contributed by atoms with Crippen molar-refractivity contribution in [1.29, 1.82) is 0 Å². The van der Waals surface area contributed by atoms with Crippen LogP contribution in [0.1, 0.15) is 91.4 Å². The van der Waals surface area contributed by atoms with Gasteiger partial charge in [0.15, 0.2) is 0 Å². The zero-order chi connectivity index (χ0) is 16.9. The maximum Gasteiger partial charge on any atom is 0.305 e. The standard InChI is InChI=1S/C22H36O2/c1-4-20(23)24-19-11-10-17-16-9-8-15-7-5-6-13-21(15,2)18(16)12-14-22(17,19)3/h15-19H,4-14H2,1-3H3/t15-,16-,17-,18-,19-,21-,22-/m0/s1. The highest BCUT2D eigenvalue weighted by atomic mass is 16.5.